The molecule has 0 unspecified atom stereocenters. The smallest absolute Gasteiger partial charge is 0.348 e. The van der Waals surface area contributed by atoms with E-state index in [0.717, 1.165) is 40.2 Å². The topological polar surface area (TPSA) is 55.8 Å². The van der Waals surface area contributed by atoms with Crippen LogP contribution in [0.2, 0.25) is 0 Å². The van der Waals surface area contributed by atoms with Gasteiger partial charge in [0.15, 0.2) is 11.5 Å². The van der Waals surface area contributed by atoms with Crippen LogP contribution in [0.3, 0.4) is 0 Å². The van der Waals surface area contributed by atoms with E-state index >= 15 is 0 Å². The first-order valence-electron chi connectivity index (χ1n) is 17.9. The third-order valence-corrected chi connectivity index (χ3v) is 10.4. The van der Waals surface area contributed by atoms with E-state index in [9.17, 15) is 9.59 Å². The van der Waals surface area contributed by atoms with Crippen molar-refractivity contribution in [2.75, 3.05) is 4.90 Å². The predicted molar refractivity (Wildman–Crippen MR) is 211 cm³/mol. The molecule has 0 radical (unpaired) electrons. The van der Waals surface area contributed by atoms with Crippen LogP contribution >= 0.6 is 0 Å². The molecular formula is C48H39NO4. The SMILES string of the molecule is Cc1ccccc1C(Cc1ccc(C2=C3OC(=O)C(c4ccc(N(c5ccccc5C)c5ccccc5C)cc4)=C3OC2=O)cc1)c1ccccc1C. The van der Waals surface area contributed by atoms with Gasteiger partial charge in [0.2, 0.25) is 0 Å². The number of benzene rings is 6. The number of hydrogen-bond acceptors (Lipinski definition) is 5. The number of anilines is 3. The maximum absolute atomic E-state index is 13.4. The Morgan fingerprint density at radius 3 is 1.30 bits per heavy atom. The molecule has 2 aliphatic rings. The molecule has 53 heavy (non-hydrogen) atoms. The number of carbonyl (C=O) groups is 2. The third kappa shape index (κ3) is 6.25. The molecule has 2 heterocycles. The average Bonchev–Trinajstić information content (AvgIpc) is 3.65. The molecule has 0 fully saturated rings. The summed E-state index contributed by atoms with van der Waals surface area (Å²) in [6.45, 7) is 8.51. The maximum Gasteiger partial charge on any atom is 0.348 e. The van der Waals surface area contributed by atoms with Crippen LogP contribution < -0.4 is 4.90 Å². The minimum absolute atomic E-state index is 0.167. The van der Waals surface area contributed by atoms with E-state index in [2.05, 4.69) is 105 Å². The van der Waals surface area contributed by atoms with Crippen LogP contribution in [0.4, 0.5) is 17.1 Å². The second kappa shape index (κ2) is 13.9. The van der Waals surface area contributed by atoms with Crippen molar-refractivity contribution < 1.29 is 19.1 Å². The standard InChI is InChI=1S/C48H39NO4/c1-30-13-5-9-17-38(30)40(39-18-10-6-14-31(39)2)29-34-21-23-35(24-22-34)43-45-46(53-47(43)50)44(48(51)52-45)36-25-27-37(28-26-36)49(41-19-11-7-15-32(41)3)42-20-12-8-16-33(42)4/h5-28,40H,29H2,1-4H3. The summed E-state index contributed by atoms with van der Waals surface area (Å²) in [6, 6.07) is 49.2. The van der Waals surface area contributed by atoms with Crippen LogP contribution in [0.25, 0.3) is 11.1 Å². The summed E-state index contributed by atoms with van der Waals surface area (Å²) in [4.78, 5) is 29.0. The molecule has 5 nitrogen and oxygen atoms in total. The first-order valence-corrected chi connectivity index (χ1v) is 17.9. The van der Waals surface area contributed by atoms with Crippen molar-refractivity contribution in [2.24, 2.45) is 0 Å². The highest BCUT2D eigenvalue weighted by Crippen LogP contribution is 2.45. The second-order valence-electron chi connectivity index (χ2n) is 13.8. The molecule has 0 amide bonds. The molecule has 6 aromatic rings. The zero-order valence-corrected chi connectivity index (χ0v) is 30.2. The van der Waals surface area contributed by atoms with Crippen LogP contribution in [0.1, 0.15) is 56.0 Å². The minimum Gasteiger partial charge on any atom is -0.418 e. The monoisotopic (exact) mass is 693 g/mol. The van der Waals surface area contributed by atoms with Gasteiger partial charge in [0.25, 0.3) is 0 Å². The number of fused-ring (bicyclic) bond motifs is 1. The van der Waals surface area contributed by atoms with Crippen LogP contribution in [-0.4, -0.2) is 11.9 Å². The molecule has 0 saturated heterocycles. The molecular weight excluding hydrogens is 655 g/mol. The quantitative estimate of drug-likeness (QED) is 0.141. The predicted octanol–water partition coefficient (Wildman–Crippen LogP) is 11.0. The molecule has 0 saturated carbocycles. The van der Waals surface area contributed by atoms with Gasteiger partial charge in [-0.3, -0.25) is 0 Å². The number of ether oxygens (including phenoxy) is 2. The summed E-state index contributed by atoms with van der Waals surface area (Å²) in [6.07, 6.45) is 0.789. The van der Waals surface area contributed by atoms with E-state index in [1.54, 1.807) is 0 Å². The van der Waals surface area contributed by atoms with Gasteiger partial charge in [-0.1, -0.05) is 121 Å². The Bertz CT molecular complexity index is 2360. The van der Waals surface area contributed by atoms with E-state index in [1.807, 2.05) is 72.8 Å². The van der Waals surface area contributed by atoms with Crippen LogP contribution in [0, 0.1) is 27.7 Å². The number of para-hydroxylation sites is 2. The Labute approximate surface area is 310 Å². The van der Waals surface area contributed by atoms with Gasteiger partial charge in [-0.15, -0.1) is 0 Å². The number of nitrogens with zero attached hydrogens (tertiary/aromatic N) is 1. The fraction of sp³-hybridized carbons (Fsp3) is 0.125. The largest absolute Gasteiger partial charge is 0.418 e. The number of esters is 2. The lowest BCUT2D eigenvalue weighted by Gasteiger charge is -2.28. The maximum atomic E-state index is 13.4. The van der Waals surface area contributed by atoms with Crippen LogP contribution in [-0.2, 0) is 25.5 Å². The van der Waals surface area contributed by atoms with Gasteiger partial charge in [0, 0.05) is 23.0 Å². The zero-order valence-electron chi connectivity index (χ0n) is 30.2. The van der Waals surface area contributed by atoms with Gasteiger partial charge in [-0.05, 0) is 108 Å². The lowest BCUT2D eigenvalue weighted by molar-refractivity contribution is -0.131. The van der Waals surface area contributed by atoms with Crippen LogP contribution in [0.15, 0.2) is 157 Å². The molecule has 0 N–H and O–H groups in total. The van der Waals surface area contributed by atoms with E-state index in [-0.39, 0.29) is 28.6 Å². The van der Waals surface area contributed by atoms with E-state index in [4.69, 9.17) is 9.47 Å². The lowest BCUT2D eigenvalue weighted by Crippen LogP contribution is -2.12. The van der Waals surface area contributed by atoms with Crippen molar-refractivity contribution in [2.45, 2.75) is 40.0 Å². The summed E-state index contributed by atoms with van der Waals surface area (Å²) in [5, 5.41) is 0. The van der Waals surface area contributed by atoms with E-state index in [1.165, 1.54) is 22.3 Å². The first kappa shape index (κ1) is 33.7. The lowest BCUT2D eigenvalue weighted by atomic mass is 9.82. The van der Waals surface area contributed by atoms with Gasteiger partial charge in [-0.2, -0.15) is 0 Å². The summed E-state index contributed by atoms with van der Waals surface area (Å²) in [5.74, 6) is -0.571. The molecule has 0 atom stereocenters. The fourth-order valence-electron chi connectivity index (χ4n) is 7.59. The van der Waals surface area contributed by atoms with Gasteiger partial charge in [-0.25, -0.2) is 9.59 Å². The van der Waals surface area contributed by atoms with Crippen molar-refractivity contribution >= 4 is 40.1 Å². The molecule has 0 spiro atoms. The number of rotatable bonds is 9. The number of aryl methyl sites for hydroxylation is 4. The van der Waals surface area contributed by atoms with Gasteiger partial charge in [0.05, 0.1) is 0 Å². The molecule has 0 aliphatic carbocycles. The Morgan fingerprint density at radius 2 is 0.868 bits per heavy atom. The molecule has 0 bridgehead atoms. The highest BCUT2D eigenvalue weighted by Gasteiger charge is 2.43. The van der Waals surface area contributed by atoms with Crippen molar-refractivity contribution in [1.29, 1.82) is 0 Å². The third-order valence-electron chi connectivity index (χ3n) is 10.4. The van der Waals surface area contributed by atoms with Crippen molar-refractivity contribution in [3.05, 3.63) is 207 Å². The molecule has 0 aromatic heterocycles. The van der Waals surface area contributed by atoms with Gasteiger partial charge < -0.3 is 14.4 Å². The highest BCUT2D eigenvalue weighted by atomic mass is 16.6. The van der Waals surface area contributed by atoms with Crippen molar-refractivity contribution in [3.63, 3.8) is 0 Å². The molecule has 8 rings (SSSR count). The van der Waals surface area contributed by atoms with Crippen molar-refractivity contribution in [1.82, 2.24) is 0 Å². The Morgan fingerprint density at radius 1 is 0.472 bits per heavy atom. The highest BCUT2D eigenvalue weighted by molar-refractivity contribution is 6.29. The summed E-state index contributed by atoms with van der Waals surface area (Å²) in [5.41, 5.74) is 13.3. The second-order valence-corrected chi connectivity index (χ2v) is 13.8. The van der Waals surface area contributed by atoms with Gasteiger partial charge >= 0.3 is 11.9 Å². The summed E-state index contributed by atoms with van der Waals surface area (Å²) < 4.78 is 11.6. The van der Waals surface area contributed by atoms with E-state index < -0.39 is 11.9 Å². The van der Waals surface area contributed by atoms with E-state index in [0.29, 0.717) is 11.1 Å². The number of carbonyl (C=O) groups excluding carboxylic acids is 2. The van der Waals surface area contributed by atoms with Crippen molar-refractivity contribution in [3.8, 4) is 0 Å². The first-order chi connectivity index (χ1) is 25.8. The molecule has 2 aliphatic heterocycles. The average molecular weight is 694 g/mol. The molecule has 260 valence electrons. The fourth-order valence-corrected chi connectivity index (χ4v) is 7.59. The number of hydrogen-bond donors (Lipinski definition) is 0. The summed E-state index contributed by atoms with van der Waals surface area (Å²) >= 11 is 0. The minimum atomic E-state index is -0.543. The summed E-state index contributed by atoms with van der Waals surface area (Å²) in [7, 11) is 0. The Balaban J connectivity index is 1.11. The molecule has 5 heteroatoms. The zero-order chi connectivity index (χ0) is 36.6. The van der Waals surface area contributed by atoms with Crippen LogP contribution in [0.5, 0.6) is 0 Å². The Kier molecular flexibility index (Phi) is 8.85. The van der Waals surface area contributed by atoms with Gasteiger partial charge in [0.1, 0.15) is 11.1 Å². The molecule has 6 aromatic carbocycles. The Hall–Kier alpha value is -6.46. The normalized spacial score (nSPS) is 13.8.